The number of amides is 1. The third kappa shape index (κ3) is 3.70. The molecule has 2 fully saturated rings. The number of hydrogen-bond donors (Lipinski definition) is 1. The number of nitrogens with zero attached hydrogens (tertiary/aromatic N) is 1. The summed E-state index contributed by atoms with van der Waals surface area (Å²) in [5.74, 6) is 0.531. The fourth-order valence-electron chi connectivity index (χ4n) is 3.09. The fourth-order valence-corrected chi connectivity index (χ4v) is 3.09. The fraction of sp³-hybridized carbons (Fsp3) is 0.867. The van der Waals surface area contributed by atoms with Gasteiger partial charge in [0, 0.05) is 19.8 Å². The molecule has 4 nitrogen and oxygen atoms in total. The Hall–Kier alpha value is -1.08. The Morgan fingerprint density at radius 3 is 2.63 bits per heavy atom. The van der Waals surface area contributed by atoms with Gasteiger partial charge in [-0.2, -0.15) is 5.26 Å². The smallest absolute Gasteiger partial charge is 0.240 e. The summed E-state index contributed by atoms with van der Waals surface area (Å²) in [5.41, 5.74) is -0.761. The van der Waals surface area contributed by atoms with Crippen molar-refractivity contribution in [2.24, 2.45) is 11.3 Å². The Bertz CT molecular complexity index is 335. The van der Waals surface area contributed by atoms with Crippen LogP contribution in [0.2, 0.25) is 0 Å². The Morgan fingerprint density at radius 2 is 2.05 bits per heavy atom. The van der Waals surface area contributed by atoms with E-state index in [0.717, 1.165) is 64.6 Å². The van der Waals surface area contributed by atoms with Crippen molar-refractivity contribution < 1.29 is 9.53 Å². The lowest BCUT2D eigenvalue weighted by Gasteiger charge is -2.23. The second-order valence-corrected chi connectivity index (χ2v) is 5.88. The van der Waals surface area contributed by atoms with Gasteiger partial charge in [-0.25, -0.2) is 0 Å². The molecule has 1 saturated heterocycles. The molecule has 4 heteroatoms. The normalized spacial score (nSPS) is 26.4. The highest BCUT2D eigenvalue weighted by Crippen LogP contribution is 2.34. The van der Waals surface area contributed by atoms with Crippen LogP contribution in [-0.2, 0) is 9.53 Å². The molecular weight excluding hydrogens is 240 g/mol. The molecule has 1 aliphatic heterocycles. The number of rotatable bonds is 4. The van der Waals surface area contributed by atoms with Crippen LogP contribution in [0.25, 0.3) is 0 Å². The van der Waals surface area contributed by atoms with E-state index in [0.29, 0.717) is 12.5 Å². The maximum atomic E-state index is 12.3. The lowest BCUT2D eigenvalue weighted by molar-refractivity contribution is -0.128. The molecule has 0 radical (unpaired) electrons. The van der Waals surface area contributed by atoms with Gasteiger partial charge >= 0.3 is 0 Å². The first-order valence-corrected chi connectivity index (χ1v) is 7.54. The van der Waals surface area contributed by atoms with Crippen LogP contribution in [0.1, 0.15) is 51.4 Å². The highest BCUT2D eigenvalue weighted by atomic mass is 16.5. The van der Waals surface area contributed by atoms with E-state index < -0.39 is 5.41 Å². The largest absolute Gasteiger partial charge is 0.381 e. The van der Waals surface area contributed by atoms with Crippen LogP contribution in [0.5, 0.6) is 0 Å². The summed E-state index contributed by atoms with van der Waals surface area (Å²) in [4.78, 5) is 12.3. The summed E-state index contributed by atoms with van der Waals surface area (Å²) in [6.07, 6.45) is 7.80. The Balaban J connectivity index is 1.80. The summed E-state index contributed by atoms with van der Waals surface area (Å²) in [6.45, 7) is 2.34. The molecule has 0 aromatic carbocycles. The van der Waals surface area contributed by atoms with Crippen LogP contribution >= 0.6 is 0 Å². The second-order valence-electron chi connectivity index (χ2n) is 5.88. The first kappa shape index (κ1) is 14.3. The number of ether oxygens (including phenoxy) is 1. The van der Waals surface area contributed by atoms with Gasteiger partial charge in [-0.1, -0.05) is 25.7 Å². The SMILES string of the molecule is N#CC1(C(=O)NCCC2CCOC2)CCCCCC1. The zero-order valence-corrected chi connectivity index (χ0v) is 11.6. The minimum Gasteiger partial charge on any atom is -0.381 e. The maximum Gasteiger partial charge on any atom is 0.240 e. The first-order valence-electron chi connectivity index (χ1n) is 7.54. The lowest BCUT2D eigenvalue weighted by atomic mass is 9.81. The van der Waals surface area contributed by atoms with Crippen molar-refractivity contribution in [2.75, 3.05) is 19.8 Å². The van der Waals surface area contributed by atoms with Crippen molar-refractivity contribution in [1.82, 2.24) is 5.32 Å². The minimum absolute atomic E-state index is 0.0455. The molecule has 0 bridgehead atoms. The Labute approximate surface area is 115 Å². The van der Waals surface area contributed by atoms with Crippen LogP contribution in [0, 0.1) is 22.7 Å². The van der Waals surface area contributed by atoms with E-state index in [9.17, 15) is 10.1 Å². The van der Waals surface area contributed by atoms with E-state index in [4.69, 9.17) is 4.74 Å². The molecule has 1 heterocycles. The average Bonchev–Trinajstić information content (AvgIpc) is 2.82. The number of hydrogen-bond acceptors (Lipinski definition) is 3. The van der Waals surface area contributed by atoms with Gasteiger partial charge in [0.2, 0.25) is 5.91 Å². The summed E-state index contributed by atoms with van der Waals surface area (Å²) < 4.78 is 5.32. The molecule has 0 aromatic heterocycles. The summed E-state index contributed by atoms with van der Waals surface area (Å²) in [6, 6.07) is 2.30. The van der Waals surface area contributed by atoms with E-state index in [-0.39, 0.29) is 5.91 Å². The van der Waals surface area contributed by atoms with Gasteiger partial charge in [0.1, 0.15) is 5.41 Å². The van der Waals surface area contributed by atoms with Gasteiger partial charge in [0.15, 0.2) is 0 Å². The van der Waals surface area contributed by atoms with Crippen molar-refractivity contribution in [1.29, 1.82) is 5.26 Å². The minimum atomic E-state index is -0.761. The van der Waals surface area contributed by atoms with Gasteiger partial charge in [0.25, 0.3) is 0 Å². The number of nitrogens with one attached hydrogen (secondary N) is 1. The van der Waals surface area contributed by atoms with Gasteiger partial charge in [-0.15, -0.1) is 0 Å². The quantitative estimate of drug-likeness (QED) is 0.793. The predicted octanol–water partition coefficient (Wildman–Crippen LogP) is 2.39. The van der Waals surface area contributed by atoms with E-state index in [2.05, 4.69) is 11.4 Å². The molecular formula is C15H24N2O2. The molecule has 1 N–H and O–H groups in total. The van der Waals surface area contributed by atoms with Gasteiger partial charge < -0.3 is 10.1 Å². The van der Waals surface area contributed by atoms with Crippen LogP contribution in [0.4, 0.5) is 0 Å². The highest BCUT2D eigenvalue weighted by molar-refractivity contribution is 5.85. The molecule has 1 atom stereocenters. The topological polar surface area (TPSA) is 62.1 Å². The molecule has 1 amide bonds. The van der Waals surface area contributed by atoms with Crippen LogP contribution < -0.4 is 5.32 Å². The molecule has 2 rings (SSSR count). The molecule has 0 spiro atoms. The molecule has 1 aliphatic carbocycles. The van der Waals surface area contributed by atoms with Crippen molar-refractivity contribution in [2.45, 2.75) is 51.4 Å². The summed E-state index contributed by atoms with van der Waals surface area (Å²) >= 11 is 0. The standard InChI is InChI=1S/C15H24N2O2/c16-12-15(7-3-1-2-4-8-15)14(18)17-9-5-13-6-10-19-11-13/h13H,1-11H2,(H,17,18). The van der Waals surface area contributed by atoms with E-state index in [1.807, 2.05) is 0 Å². The number of carbonyl (C=O) groups excluding carboxylic acids is 1. The zero-order valence-electron chi connectivity index (χ0n) is 11.6. The highest BCUT2D eigenvalue weighted by Gasteiger charge is 2.38. The Kier molecular flexibility index (Phi) is 5.21. The molecule has 1 saturated carbocycles. The van der Waals surface area contributed by atoms with E-state index in [1.165, 1.54) is 0 Å². The third-order valence-corrected chi connectivity index (χ3v) is 4.47. The zero-order chi connectivity index (χ0) is 13.6. The predicted molar refractivity (Wildman–Crippen MR) is 72.3 cm³/mol. The van der Waals surface area contributed by atoms with Crippen molar-refractivity contribution in [3.63, 3.8) is 0 Å². The van der Waals surface area contributed by atoms with Gasteiger partial charge in [-0.3, -0.25) is 4.79 Å². The van der Waals surface area contributed by atoms with Crippen molar-refractivity contribution in [3.8, 4) is 6.07 Å². The van der Waals surface area contributed by atoms with Crippen LogP contribution in [0.15, 0.2) is 0 Å². The summed E-state index contributed by atoms with van der Waals surface area (Å²) in [7, 11) is 0. The molecule has 1 unspecified atom stereocenters. The molecule has 19 heavy (non-hydrogen) atoms. The average molecular weight is 264 g/mol. The van der Waals surface area contributed by atoms with Crippen LogP contribution in [0.3, 0.4) is 0 Å². The third-order valence-electron chi connectivity index (χ3n) is 4.47. The molecule has 2 aliphatic rings. The van der Waals surface area contributed by atoms with Crippen LogP contribution in [-0.4, -0.2) is 25.7 Å². The van der Waals surface area contributed by atoms with E-state index >= 15 is 0 Å². The first-order chi connectivity index (χ1) is 9.27. The van der Waals surface area contributed by atoms with Crippen molar-refractivity contribution >= 4 is 5.91 Å². The Morgan fingerprint density at radius 1 is 1.32 bits per heavy atom. The molecule has 106 valence electrons. The number of nitriles is 1. The van der Waals surface area contributed by atoms with Gasteiger partial charge in [0.05, 0.1) is 6.07 Å². The summed E-state index contributed by atoms with van der Waals surface area (Å²) in [5, 5.41) is 12.4. The van der Waals surface area contributed by atoms with E-state index in [1.54, 1.807) is 0 Å². The van der Waals surface area contributed by atoms with Gasteiger partial charge in [-0.05, 0) is 31.6 Å². The second kappa shape index (κ2) is 6.91. The monoisotopic (exact) mass is 264 g/mol. The lowest BCUT2D eigenvalue weighted by Crippen LogP contribution is -2.40. The molecule has 0 aromatic rings. The maximum absolute atomic E-state index is 12.3. The van der Waals surface area contributed by atoms with Crippen molar-refractivity contribution in [3.05, 3.63) is 0 Å². The number of carbonyl (C=O) groups is 1.